The predicted molar refractivity (Wildman–Crippen MR) is 228 cm³/mol. The van der Waals surface area contributed by atoms with Crippen LogP contribution in [-0.2, 0) is 66.6 Å². The number of nitrogens with zero attached hydrogens (tertiary/aromatic N) is 4. The van der Waals surface area contributed by atoms with Gasteiger partial charge in [0.15, 0.2) is 40.9 Å². The Labute approximate surface area is 384 Å². The van der Waals surface area contributed by atoms with E-state index in [0.717, 1.165) is 0 Å². The zero-order chi connectivity index (χ0) is 45.9. The van der Waals surface area contributed by atoms with Crippen molar-refractivity contribution < 1.29 is 76.2 Å². The van der Waals surface area contributed by atoms with Crippen LogP contribution in [0.4, 0.5) is 0 Å². The van der Waals surface area contributed by atoms with Crippen LogP contribution in [0, 0.1) is 0 Å². The smallest absolute Gasteiger partial charge is 0.338 e. The van der Waals surface area contributed by atoms with Crippen LogP contribution >= 0.6 is 11.6 Å². The third-order valence-corrected chi connectivity index (χ3v) is 11.3. The third-order valence-electron chi connectivity index (χ3n) is 11.0. The molecule has 2 saturated heterocycles. The van der Waals surface area contributed by atoms with Gasteiger partial charge in [-0.1, -0.05) is 62.9 Å². The average Bonchev–Trinajstić information content (AvgIpc) is 3.90. The lowest BCUT2D eigenvalue weighted by Gasteiger charge is -2.47. The van der Waals surface area contributed by atoms with Gasteiger partial charge in [0.05, 0.1) is 17.5 Å². The Morgan fingerprint density at radius 3 is 1.50 bits per heavy atom. The summed E-state index contributed by atoms with van der Waals surface area (Å²) in [5, 5.41) is 0.139. The van der Waals surface area contributed by atoms with E-state index < -0.39 is 102 Å². The number of rotatable bonds is 10. The number of fused-ring (bicyclic) bond motifs is 1. The largest absolute Gasteiger partial charge is 0.456 e. The summed E-state index contributed by atoms with van der Waals surface area (Å²) in [7, 11) is 0. The summed E-state index contributed by atoms with van der Waals surface area (Å²) < 4.78 is 52.3. The van der Waals surface area contributed by atoms with Crippen molar-refractivity contribution in [1.29, 1.82) is 0 Å². The fraction of sp³-hybridized carbons (Fsp3) is 0.467. The number of carbonyl (C=O) groups is 7. The maximum Gasteiger partial charge on any atom is 0.338 e. The quantitative estimate of drug-likeness (QED) is 0.109. The van der Waals surface area contributed by atoms with Crippen molar-refractivity contribution in [2.75, 3.05) is 0 Å². The van der Waals surface area contributed by atoms with E-state index in [9.17, 15) is 33.6 Å². The SMILES string of the molecule is C.C.CC(=O)OC1[C@H](OC(C)=O)O[C@]2(CC[C@H]2OC(=O)c2ccccc2)[C@@H]1OC(C)=O.CC(=O)OC1[C@H](n2cnc3c(Cl)ncnc32)O[C@]2(CC[C@H]2OC(=O)c2ccccc2)[C@@H]1OC(C)=O. The van der Waals surface area contributed by atoms with Crippen molar-refractivity contribution in [3.8, 4) is 0 Å². The molecule has 2 spiro atoms. The summed E-state index contributed by atoms with van der Waals surface area (Å²) in [6.07, 6.45) is -3.86. The molecule has 4 aromatic rings. The molecule has 2 aromatic heterocycles. The summed E-state index contributed by atoms with van der Waals surface area (Å²) >= 11 is 6.15. The molecule has 21 heteroatoms. The van der Waals surface area contributed by atoms with Gasteiger partial charge in [-0.15, -0.1) is 0 Å². The van der Waals surface area contributed by atoms with E-state index in [1.54, 1.807) is 60.7 Å². The Morgan fingerprint density at radius 1 is 0.591 bits per heavy atom. The first-order valence-corrected chi connectivity index (χ1v) is 20.5. The number of aromatic nitrogens is 4. The number of hydrogen-bond donors (Lipinski definition) is 0. The lowest BCUT2D eigenvalue weighted by atomic mass is 9.72. The maximum atomic E-state index is 12.8. The molecule has 0 amide bonds. The molecule has 20 nitrogen and oxygen atoms in total. The Kier molecular flexibility index (Phi) is 15.9. The molecule has 4 fully saturated rings. The molecule has 4 heterocycles. The standard InChI is InChI=1S/C23H21ClN4O7.C20H22O9.2CH4/c1-12(29)32-17-18(33-13(2)30)23(9-8-15(23)34-22(31)14-6-4-3-5-7-14)35-21(17)28-11-27-16-19(24)25-10-26-20(16)28;1-11(21)25-16-17(26-12(2)22)20(29-19(16)27-13(3)23)10-9-15(20)28-18(24)14-7-5-4-6-8-14;;/h3-7,10-11,15,17-18,21H,8-9H2,1-2H3;4-8,15-17,19H,9-10H2,1-3H3;2*1H4/t15-,17?,18-,21-,23+;15-,16?,17-,19-,20+;;/m11../s1. The van der Waals surface area contributed by atoms with Gasteiger partial charge < -0.3 is 42.6 Å². The highest BCUT2D eigenvalue weighted by atomic mass is 35.5. The molecule has 2 unspecified atom stereocenters. The predicted octanol–water partition coefficient (Wildman–Crippen LogP) is 5.43. The lowest BCUT2D eigenvalue weighted by Crippen LogP contribution is -2.62. The van der Waals surface area contributed by atoms with E-state index in [0.29, 0.717) is 48.0 Å². The first-order chi connectivity index (χ1) is 30.5. The Hall–Kier alpha value is -6.51. The zero-order valence-corrected chi connectivity index (χ0v) is 35.8. The van der Waals surface area contributed by atoms with Gasteiger partial charge in [0.2, 0.25) is 12.4 Å². The van der Waals surface area contributed by atoms with Crippen LogP contribution in [0.5, 0.6) is 0 Å². The molecular weight excluding hydrogens is 888 g/mol. The van der Waals surface area contributed by atoms with E-state index >= 15 is 0 Å². The van der Waals surface area contributed by atoms with E-state index in [1.165, 1.54) is 51.8 Å². The number of hydrogen-bond acceptors (Lipinski definition) is 19. The minimum Gasteiger partial charge on any atom is -0.456 e. The number of imidazole rings is 1. The Bertz CT molecular complexity index is 2440. The number of ether oxygens (including phenoxy) is 9. The summed E-state index contributed by atoms with van der Waals surface area (Å²) in [5.41, 5.74) is -1.14. The van der Waals surface area contributed by atoms with Crippen molar-refractivity contribution in [3.05, 3.63) is 89.6 Å². The number of benzene rings is 2. The van der Waals surface area contributed by atoms with Crippen molar-refractivity contribution in [2.45, 2.75) is 135 Å². The molecule has 10 atom stereocenters. The van der Waals surface area contributed by atoms with Crippen LogP contribution in [0.25, 0.3) is 11.2 Å². The van der Waals surface area contributed by atoms with Crippen LogP contribution in [0.3, 0.4) is 0 Å². The molecule has 66 heavy (non-hydrogen) atoms. The topological polar surface area (TPSA) is 246 Å². The van der Waals surface area contributed by atoms with Gasteiger partial charge in [-0.2, -0.15) is 0 Å². The monoisotopic (exact) mass is 938 g/mol. The Morgan fingerprint density at radius 2 is 1.05 bits per heavy atom. The highest BCUT2D eigenvalue weighted by Gasteiger charge is 2.70. The molecule has 4 aliphatic rings. The first-order valence-electron chi connectivity index (χ1n) is 20.1. The van der Waals surface area contributed by atoms with Crippen LogP contribution in [0.2, 0.25) is 5.15 Å². The molecule has 8 rings (SSSR count). The third kappa shape index (κ3) is 10.1. The van der Waals surface area contributed by atoms with Crippen molar-refractivity contribution in [2.24, 2.45) is 0 Å². The average molecular weight is 939 g/mol. The molecule has 2 aromatic carbocycles. The van der Waals surface area contributed by atoms with Crippen molar-refractivity contribution in [3.63, 3.8) is 0 Å². The van der Waals surface area contributed by atoms with Crippen LogP contribution in [-0.4, -0.2) is 115 Å². The molecule has 2 aliphatic carbocycles. The van der Waals surface area contributed by atoms with E-state index in [4.69, 9.17) is 54.2 Å². The molecule has 2 aliphatic heterocycles. The molecule has 0 radical (unpaired) electrons. The minimum atomic E-state index is -1.29. The molecule has 0 bridgehead atoms. The fourth-order valence-electron chi connectivity index (χ4n) is 8.22. The van der Waals surface area contributed by atoms with Crippen molar-refractivity contribution in [1.82, 2.24) is 19.5 Å². The van der Waals surface area contributed by atoms with E-state index in [-0.39, 0.29) is 20.0 Å². The second kappa shape index (κ2) is 20.8. The number of halogens is 1. The van der Waals surface area contributed by atoms with Gasteiger partial charge in [-0.05, 0) is 49.9 Å². The molecule has 0 N–H and O–H groups in total. The summed E-state index contributed by atoms with van der Waals surface area (Å²) in [4.78, 5) is 96.6. The van der Waals surface area contributed by atoms with Gasteiger partial charge in [-0.25, -0.2) is 24.5 Å². The number of esters is 7. The van der Waals surface area contributed by atoms with Crippen molar-refractivity contribution >= 4 is 64.5 Å². The van der Waals surface area contributed by atoms with Gasteiger partial charge in [0.25, 0.3) is 0 Å². The van der Waals surface area contributed by atoms with Gasteiger partial charge in [-0.3, -0.25) is 28.5 Å². The van der Waals surface area contributed by atoms with E-state index in [2.05, 4.69) is 15.0 Å². The Balaban J connectivity index is 0.000000245. The van der Waals surface area contributed by atoms with E-state index in [1.807, 2.05) is 0 Å². The van der Waals surface area contributed by atoms with Crippen LogP contribution in [0.1, 0.15) is 102 Å². The summed E-state index contributed by atoms with van der Waals surface area (Å²) in [5.74, 6) is -4.29. The second-order valence-electron chi connectivity index (χ2n) is 15.3. The van der Waals surface area contributed by atoms with Crippen LogP contribution in [0.15, 0.2) is 73.3 Å². The highest BCUT2D eigenvalue weighted by molar-refractivity contribution is 6.33. The van der Waals surface area contributed by atoms with Gasteiger partial charge in [0, 0.05) is 34.6 Å². The van der Waals surface area contributed by atoms with Crippen LogP contribution < -0.4 is 0 Å². The fourth-order valence-corrected chi connectivity index (χ4v) is 8.40. The number of carbonyl (C=O) groups excluding carboxylic acids is 7. The maximum absolute atomic E-state index is 12.8. The first kappa shape index (κ1) is 50.5. The molecular formula is C45H51ClN4O16. The van der Waals surface area contributed by atoms with Gasteiger partial charge >= 0.3 is 41.8 Å². The van der Waals surface area contributed by atoms with Gasteiger partial charge in [0.1, 0.15) is 29.7 Å². The molecule has 354 valence electrons. The summed E-state index contributed by atoms with van der Waals surface area (Å²) in [6.45, 7) is 6.03. The lowest BCUT2D eigenvalue weighted by molar-refractivity contribution is -0.246. The molecule has 2 saturated carbocycles. The second-order valence-corrected chi connectivity index (χ2v) is 15.7. The normalized spacial score (nSPS) is 27.8. The summed E-state index contributed by atoms with van der Waals surface area (Å²) in [6, 6.07) is 16.9. The highest BCUT2D eigenvalue weighted by Crippen LogP contribution is 2.54. The minimum absolute atomic E-state index is 0. The zero-order valence-electron chi connectivity index (χ0n) is 35.1.